The van der Waals surface area contributed by atoms with Crippen LogP contribution in [0.2, 0.25) is 0 Å². The molecule has 230 valence electrons. The van der Waals surface area contributed by atoms with E-state index in [0.717, 1.165) is 42.1 Å². The fourth-order valence-electron chi connectivity index (χ4n) is 5.32. The smallest absolute Gasteiger partial charge is 0.323 e. The topological polar surface area (TPSA) is 167 Å². The molecule has 1 aromatic heterocycles. The van der Waals surface area contributed by atoms with Gasteiger partial charge in [-0.1, -0.05) is 48.5 Å². The maximum atomic E-state index is 13.4. The maximum Gasteiger partial charge on any atom is 0.323 e. The zero-order valence-electron chi connectivity index (χ0n) is 24.5. The molecule has 13 heteroatoms. The van der Waals surface area contributed by atoms with Crippen molar-refractivity contribution in [2.45, 2.75) is 37.8 Å². The van der Waals surface area contributed by atoms with Gasteiger partial charge in [0.15, 0.2) is 5.96 Å². The second kappa shape index (κ2) is 13.3. The Morgan fingerprint density at radius 1 is 1.05 bits per heavy atom. The van der Waals surface area contributed by atoms with Crippen LogP contribution in [0.3, 0.4) is 0 Å². The van der Waals surface area contributed by atoms with Crippen molar-refractivity contribution >= 4 is 38.8 Å². The molecule has 1 aliphatic rings. The van der Waals surface area contributed by atoms with Crippen LogP contribution in [-0.2, 0) is 21.4 Å². The van der Waals surface area contributed by atoms with Gasteiger partial charge in [-0.25, -0.2) is 8.42 Å². The van der Waals surface area contributed by atoms with Gasteiger partial charge in [-0.2, -0.15) is 9.82 Å². The Morgan fingerprint density at radius 3 is 2.48 bits per heavy atom. The molecule has 0 saturated carbocycles. The number of carboxylic acids is 1. The van der Waals surface area contributed by atoms with Crippen molar-refractivity contribution in [2.75, 3.05) is 26.2 Å². The lowest BCUT2D eigenvalue weighted by Gasteiger charge is -2.19. The quantitative estimate of drug-likeness (QED) is 0.151. The van der Waals surface area contributed by atoms with Crippen molar-refractivity contribution in [2.24, 2.45) is 4.99 Å². The van der Waals surface area contributed by atoms with E-state index in [1.807, 2.05) is 36.4 Å². The van der Waals surface area contributed by atoms with Crippen LogP contribution in [0, 0.1) is 13.8 Å². The van der Waals surface area contributed by atoms with Crippen molar-refractivity contribution in [3.05, 3.63) is 83.6 Å². The lowest BCUT2D eigenvalue weighted by molar-refractivity contribution is -0.138. The molecule has 1 aliphatic heterocycles. The van der Waals surface area contributed by atoms with Gasteiger partial charge < -0.3 is 21.1 Å². The van der Waals surface area contributed by atoms with Crippen molar-refractivity contribution in [3.8, 4) is 11.1 Å². The average Bonchev–Trinajstić information content (AvgIpc) is 3.67. The zero-order chi connectivity index (χ0) is 31.3. The van der Waals surface area contributed by atoms with Gasteiger partial charge in [-0.15, -0.1) is 0 Å². The second-order valence-electron chi connectivity index (χ2n) is 10.6. The number of aliphatic carboxylic acids is 1. The number of rotatable bonds is 12. The second-order valence-corrected chi connectivity index (χ2v) is 12.2. The van der Waals surface area contributed by atoms with Crippen molar-refractivity contribution < 1.29 is 23.1 Å². The Labute approximate surface area is 255 Å². The van der Waals surface area contributed by atoms with Gasteiger partial charge in [0.05, 0.1) is 28.7 Å². The largest absolute Gasteiger partial charge is 0.480 e. The molecule has 0 aliphatic carbocycles. The number of carbonyl (C=O) groups excluding carboxylic acids is 1. The maximum absolute atomic E-state index is 13.4. The minimum atomic E-state index is -4.24. The van der Waals surface area contributed by atoms with Crippen LogP contribution in [-0.4, -0.2) is 73.4 Å². The Kier molecular flexibility index (Phi) is 9.26. The minimum absolute atomic E-state index is 0.00892. The van der Waals surface area contributed by atoms with Gasteiger partial charge >= 0.3 is 5.97 Å². The van der Waals surface area contributed by atoms with E-state index >= 15 is 0 Å². The van der Waals surface area contributed by atoms with E-state index in [1.165, 1.54) is 0 Å². The molecule has 4 aromatic rings. The molecule has 12 nitrogen and oxygen atoms in total. The van der Waals surface area contributed by atoms with Gasteiger partial charge in [0.25, 0.3) is 5.91 Å². The molecule has 0 radical (unpaired) electrons. The van der Waals surface area contributed by atoms with Gasteiger partial charge in [0.1, 0.15) is 6.04 Å². The van der Waals surface area contributed by atoms with E-state index in [-0.39, 0.29) is 4.90 Å². The van der Waals surface area contributed by atoms with E-state index in [2.05, 4.69) is 30.8 Å². The summed E-state index contributed by atoms with van der Waals surface area (Å²) in [6.07, 6.45) is 2.38. The molecule has 2 heterocycles. The van der Waals surface area contributed by atoms with Gasteiger partial charge in [0.2, 0.25) is 10.0 Å². The molecule has 0 spiro atoms. The summed E-state index contributed by atoms with van der Waals surface area (Å²) in [6, 6.07) is 16.7. The summed E-state index contributed by atoms with van der Waals surface area (Å²) in [5, 5.41) is 23.9. The number of guanidine groups is 1. The number of carboxylic acid groups (broad SMARTS) is 1. The van der Waals surface area contributed by atoms with Crippen LogP contribution in [0.15, 0.2) is 76.7 Å². The molecule has 0 fully saturated rings. The van der Waals surface area contributed by atoms with Gasteiger partial charge in [0, 0.05) is 31.6 Å². The van der Waals surface area contributed by atoms with E-state index in [9.17, 15) is 23.1 Å². The lowest BCUT2D eigenvalue weighted by Crippen LogP contribution is -2.48. The van der Waals surface area contributed by atoms with Crippen LogP contribution >= 0.6 is 0 Å². The minimum Gasteiger partial charge on any atom is -0.480 e. The fourth-order valence-corrected chi connectivity index (χ4v) is 6.96. The first-order chi connectivity index (χ1) is 21.1. The van der Waals surface area contributed by atoms with Crippen LogP contribution < -0.4 is 20.7 Å². The number of hydrogen-bond acceptors (Lipinski definition) is 8. The predicted octanol–water partition coefficient (Wildman–Crippen LogP) is 2.42. The number of benzene rings is 3. The lowest BCUT2D eigenvalue weighted by atomic mass is 10.0. The van der Waals surface area contributed by atoms with Gasteiger partial charge in [-0.3, -0.25) is 19.3 Å². The first kappa shape index (κ1) is 30.7. The number of hydrogen-bond donors (Lipinski definition) is 5. The number of fused-ring (bicyclic) bond motifs is 1. The van der Waals surface area contributed by atoms with Crippen LogP contribution in [0.25, 0.3) is 22.0 Å². The number of sulfonamides is 1. The summed E-state index contributed by atoms with van der Waals surface area (Å²) >= 11 is 0. The molecule has 3 aromatic carbocycles. The third-order valence-corrected chi connectivity index (χ3v) is 9.12. The van der Waals surface area contributed by atoms with Crippen molar-refractivity contribution in [1.82, 2.24) is 30.5 Å². The Bertz CT molecular complexity index is 1800. The first-order valence-corrected chi connectivity index (χ1v) is 15.8. The summed E-state index contributed by atoms with van der Waals surface area (Å²) < 4.78 is 30.9. The monoisotopic (exact) mass is 617 g/mol. The molecule has 5 N–H and O–H groups in total. The molecule has 0 bridgehead atoms. The highest BCUT2D eigenvalue weighted by Crippen LogP contribution is 2.28. The summed E-state index contributed by atoms with van der Waals surface area (Å²) in [5.41, 5.74) is 3.82. The summed E-state index contributed by atoms with van der Waals surface area (Å²) in [4.78, 5) is 29.6. The third kappa shape index (κ3) is 6.90. The highest BCUT2D eigenvalue weighted by Gasteiger charge is 2.29. The van der Waals surface area contributed by atoms with E-state index in [1.54, 1.807) is 49.0 Å². The predicted molar refractivity (Wildman–Crippen MR) is 168 cm³/mol. The Hall–Kier alpha value is -4.75. The van der Waals surface area contributed by atoms with E-state index in [4.69, 9.17) is 0 Å². The number of aryl methyl sites for hydroxylation is 3. The molecule has 0 saturated heterocycles. The summed E-state index contributed by atoms with van der Waals surface area (Å²) in [5.74, 6) is -1.15. The van der Waals surface area contributed by atoms with Gasteiger partial charge in [-0.05, 0) is 54.7 Å². The number of aliphatic imine (C=N–C) groups is 1. The third-order valence-electron chi connectivity index (χ3n) is 7.34. The highest BCUT2D eigenvalue weighted by molar-refractivity contribution is 7.89. The molecule has 5 rings (SSSR count). The standard InChI is InChI=1S/C31H35N7O5S/c1-20-16-23(22-8-4-3-5-9-22)17-21(2)28(20)44(42,43)37-26(30(40)41)19-35-29(39)24-10-6-11-27-25(24)18-36-38(27)15-7-12-32-31-33-13-14-34-31/h3-6,8-11,16-18,26,37H,7,12-15,19H2,1-2H3,(H,35,39)(H,40,41)(H2,32,33,34). The number of nitrogens with zero attached hydrogens (tertiary/aromatic N) is 3. The normalized spacial score (nSPS) is 13.7. The molecular weight excluding hydrogens is 582 g/mol. The molecule has 44 heavy (non-hydrogen) atoms. The molecule has 1 unspecified atom stereocenters. The molecule has 1 atom stereocenters. The van der Waals surface area contributed by atoms with Crippen LogP contribution in [0.4, 0.5) is 0 Å². The van der Waals surface area contributed by atoms with Crippen molar-refractivity contribution in [3.63, 3.8) is 0 Å². The fraction of sp³-hybridized carbons (Fsp3) is 0.290. The van der Waals surface area contributed by atoms with Crippen LogP contribution in [0.5, 0.6) is 0 Å². The highest BCUT2D eigenvalue weighted by atomic mass is 32.2. The molecule has 1 amide bonds. The Balaban J connectivity index is 1.25. The number of nitrogens with one attached hydrogen (secondary N) is 4. The van der Waals surface area contributed by atoms with E-state index in [0.29, 0.717) is 35.2 Å². The number of carbonyl (C=O) groups is 2. The van der Waals surface area contributed by atoms with E-state index < -0.39 is 34.5 Å². The summed E-state index contributed by atoms with van der Waals surface area (Å²) in [6.45, 7) is 5.80. The number of aromatic nitrogens is 2. The SMILES string of the molecule is Cc1cc(-c2ccccc2)cc(C)c1S(=O)(=O)NC(CNC(=O)c1cccc2c1cnn2CCCNC1=NCCN1)C(=O)O. The van der Waals surface area contributed by atoms with Crippen LogP contribution in [0.1, 0.15) is 27.9 Å². The van der Waals surface area contributed by atoms with Crippen molar-refractivity contribution in [1.29, 1.82) is 0 Å². The summed E-state index contributed by atoms with van der Waals surface area (Å²) in [7, 11) is -4.24. The Morgan fingerprint density at radius 2 is 1.80 bits per heavy atom. The first-order valence-electron chi connectivity index (χ1n) is 14.3. The number of amides is 1. The molecular formula is C31H35N7O5S. The average molecular weight is 618 g/mol. The zero-order valence-corrected chi connectivity index (χ0v) is 25.3.